The molecule has 0 spiro atoms. The first-order chi connectivity index (χ1) is 7.39. The van der Waals surface area contributed by atoms with Gasteiger partial charge >= 0.3 is 0 Å². The first kappa shape index (κ1) is 15.3. The summed E-state index contributed by atoms with van der Waals surface area (Å²) in [6.07, 6.45) is 0. The summed E-state index contributed by atoms with van der Waals surface area (Å²) in [6, 6.07) is 0. The van der Waals surface area contributed by atoms with E-state index in [-0.39, 0.29) is 6.61 Å². The predicted molar refractivity (Wildman–Crippen MR) is 73.7 cm³/mol. The Morgan fingerprint density at radius 2 is 1.31 bits per heavy atom. The molecule has 0 unspecified atom stereocenters. The maximum absolute atomic E-state index is 8.59. The monoisotopic (exact) mass is 236 g/mol. The van der Waals surface area contributed by atoms with Crippen LogP contribution in [0.5, 0.6) is 0 Å². The van der Waals surface area contributed by atoms with Crippen LogP contribution in [0.3, 0.4) is 0 Å². The van der Waals surface area contributed by atoms with Crippen molar-refractivity contribution in [3.63, 3.8) is 0 Å². The summed E-state index contributed by atoms with van der Waals surface area (Å²) in [7, 11) is -1.62. The van der Waals surface area contributed by atoms with Gasteiger partial charge in [-0.1, -0.05) is 47.5 Å². The lowest BCUT2D eigenvalue weighted by molar-refractivity contribution is 0.350. The van der Waals surface area contributed by atoms with Crippen LogP contribution in [0.25, 0.3) is 0 Å². The van der Waals surface area contributed by atoms with E-state index in [9.17, 15) is 0 Å². The van der Waals surface area contributed by atoms with Crippen molar-refractivity contribution in [3.8, 4) is 23.3 Å². The summed E-state index contributed by atoms with van der Waals surface area (Å²) in [5.74, 6) is 8.28. The van der Waals surface area contributed by atoms with Gasteiger partial charge < -0.3 is 5.11 Å². The Bertz CT molecular complexity index is 298. The van der Waals surface area contributed by atoms with Gasteiger partial charge in [0.25, 0.3) is 0 Å². The van der Waals surface area contributed by atoms with Gasteiger partial charge in [0, 0.05) is 0 Å². The highest BCUT2D eigenvalue weighted by Gasteiger charge is 2.41. The Balaban J connectivity index is 5.26. The fraction of sp³-hybridized carbons (Fsp3) is 0.714. The number of aliphatic hydroxyl groups excluding tert-OH is 1. The molecule has 0 aromatic heterocycles. The van der Waals surface area contributed by atoms with Crippen LogP contribution >= 0.6 is 0 Å². The van der Waals surface area contributed by atoms with Crippen molar-refractivity contribution in [1.82, 2.24) is 0 Å². The lowest BCUT2D eigenvalue weighted by atomic mass is 10.5. The maximum atomic E-state index is 8.59. The quantitative estimate of drug-likeness (QED) is 0.589. The normalized spacial score (nSPS) is 11.1. The average molecular weight is 236 g/mol. The van der Waals surface area contributed by atoms with Crippen molar-refractivity contribution in [2.45, 2.75) is 58.2 Å². The lowest BCUT2D eigenvalue weighted by Gasteiger charge is -2.37. The largest absolute Gasteiger partial charge is 0.384 e. The van der Waals surface area contributed by atoms with E-state index in [0.29, 0.717) is 16.6 Å². The smallest absolute Gasteiger partial charge is 0.147 e. The van der Waals surface area contributed by atoms with Crippen LogP contribution in [0.4, 0.5) is 0 Å². The molecule has 0 rings (SSSR count). The molecule has 0 aliphatic carbocycles. The fourth-order valence-corrected chi connectivity index (χ4v) is 7.80. The second-order valence-corrected chi connectivity index (χ2v) is 10.7. The molecule has 0 saturated carbocycles. The van der Waals surface area contributed by atoms with Gasteiger partial charge in [-0.15, -0.1) is 5.54 Å². The SMILES string of the molecule is CC(C)[Si](C#CC#CCO)(C(C)C)C(C)C. The predicted octanol–water partition coefficient (Wildman–Crippen LogP) is 3.20. The Morgan fingerprint density at radius 3 is 1.62 bits per heavy atom. The van der Waals surface area contributed by atoms with Gasteiger partial charge in [0.1, 0.15) is 14.7 Å². The molecule has 0 bridgehead atoms. The number of hydrogen-bond donors (Lipinski definition) is 1. The Labute approximate surface area is 102 Å². The minimum absolute atomic E-state index is 0.103. The van der Waals surface area contributed by atoms with Crippen molar-refractivity contribution in [2.75, 3.05) is 6.61 Å². The van der Waals surface area contributed by atoms with Crippen LogP contribution in [0, 0.1) is 23.3 Å². The Hall–Kier alpha value is -0.703. The van der Waals surface area contributed by atoms with Gasteiger partial charge in [-0.2, -0.15) is 0 Å². The molecule has 0 aliphatic heterocycles. The molecule has 2 heteroatoms. The van der Waals surface area contributed by atoms with E-state index < -0.39 is 8.07 Å². The molecule has 0 atom stereocenters. The van der Waals surface area contributed by atoms with Crippen molar-refractivity contribution in [1.29, 1.82) is 0 Å². The van der Waals surface area contributed by atoms with E-state index in [1.54, 1.807) is 0 Å². The molecule has 0 amide bonds. The third-order valence-corrected chi connectivity index (χ3v) is 9.67. The zero-order valence-electron chi connectivity index (χ0n) is 11.4. The molecule has 0 fully saturated rings. The van der Waals surface area contributed by atoms with E-state index in [1.807, 2.05) is 0 Å². The number of rotatable bonds is 3. The third-order valence-electron chi connectivity index (χ3n) is 3.37. The van der Waals surface area contributed by atoms with Gasteiger partial charge in [0.2, 0.25) is 0 Å². The van der Waals surface area contributed by atoms with Crippen molar-refractivity contribution in [3.05, 3.63) is 0 Å². The minimum Gasteiger partial charge on any atom is -0.384 e. The first-order valence-electron chi connectivity index (χ1n) is 6.00. The Morgan fingerprint density at radius 1 is 0.875 bits per heavy atom. The van der Waals surface area contributed by atoms with Gasteiger partial charge in [-0.3, -0.25) is 0 Å². The van der Waals surface area contributed by atoms with Crippen molar-refractivity contribution >= 4 is 8.07 Å². The standard InChI is InChI=1S/C14H24OSi/c1-12(2)16(13(3)4,14(5)6)11-9-7-8-10-15/h12-15H,10H2,1-6H3. The first-order valence-corrected chi connectivity index (χ1v) is 8.23. The third kappa shape index (κ3) is 3.41. The van der Waals surface area contributed by atoms with Crippen LogP contribution in [0.1, 0.15) is 41.5 Å². The second-order valence-electron chi connectivity index (χ2n) is 5.11. The van der Waals surface area contributed by atoms with E-state index in [0.717, 1.165) is 0 Å². The molecule has 0 aromatic carbocycles. The van der Waals surface area contributed by atoms with Gasteiger partial charge in [-0.25, -0.2) is 0 Å². The molecule has 90 valence electrons. The molecular formula is C14H24OSi. The topological polar surface area (TPSA) is 20.2 Å². The maximum Gasteiger partial charge on any atom is 0.147 e. The van der Waals surface area contributed by atoms with E-state index in [2.05, 4.69) is 64.8 Å². The summed E-state index contributed by atoms with van der Waals surface area (Å²) < 4.78 is 0. The average Bonchev–Trinajstić information content (AvgIpc) is 2.16. The van der Waals surface area contributed by atoms with Crippen LogP contribution in [0.2, 0.25) is 16.6 Å². The van der Waals surface area contributed by atoms with Crippen molar-refractivity contribution < 1.29 is 5.11 Å². The highest BCUT2D eigenvalue weighted by molar-refractivity contribution is 6.90. The summed E-state index contributed by atoms with van der Waals surface area (Å²) in [5.41, 5.74) is 5.38. The molecule has 0 aliphatic rings. The number of hydrogen-bond acceptors (Lipinski definition) is 1. The number of aliphatic hydroxyl groups is 1. The second kappa shape index (κ2) is 6.79. The van der Waals surface area contributed by atoms with E-state index >= 15 is 0 Å². The molecule has 0 aromatic rings. The summed E-state index contributed by atoms with van der Waals surface area (Å²) in [6.45, 7) is 13.6. The minimum atomic E-state index is -1.62. The highest BCUT2D eigenvalue weighted by Crippen LogP contribution is 2.40. The molecule has 0 radical (unpaired) electrons. The van der Waals surface area contributed by atoms with Crippen LogP contribution in [-0.4, -0.2) is 19.8 Å². The molecule has 16 heavy (non-hydrogen) atoms. The molecular weight excluding hydrogens is 212 g/mol. The molecule has 1 N–H and O–H groups in total. The summed E-state index contributed by atoms with van der Waals surface area (Å²) in [5, 5.41) is 8.59. The van der Waals surface area contributed by atoms with E-state index in [1.165, 1.54) is 0 Å². The van der Waals surface area contributed by atoms with Crippen LogP contribution in [0.15, 0.2) is 0 Å². The zero-order chi connectivity index (χ0) is 12.8. The summed E-state index contributed by atoms with van der Waals surface area (Å²) >= 11 is 0. The van der Waals surface area contributed by atoms with Crippen molar-refractivity contribution in [2.24, 2.45) is 0 Å². The van der Waals surface area contributed by atoms with Gasteiger partial charge in [-0.05, 0) is 28.5 Å². The molecule has 0 heterocycles. The van der Waals surface area contributed by atoms with Crippen LogP contribution in [-0.2, 0) is 0 Å². The summed E-state index contributed by atoms with van der Waals surface area (Å²) in [4.78, 5) is 0. The van der Waals surface area contributed by atoms with E-state index in [4.69, 9.17) is 5.11 Å². The van der Waals surface area contributed by atoms with Gasteiger partial charge in [0.15, 0.2) is 0 Å². The fourth-order valence-electron chi connectivity index (χ4n) is 2.66. The Kier molecular flexibility index (Phi) is 6.49. The lowest BCUT2D eigenvalue weighted by Crippen LogP contribution is -2.43. The zero-order valence-corrected chi connectivity index (χ0v) is 12.4. The highest BCUT2D eigenvalue weighted by atomic mass is 28.3. The molecule has 1 nitrogen and oxygen atoms in total. The molecule has 0 saturated heterocycles. The van der Waals surface area contributed by atoms with Crippen LogP contribution < -0.4 is 0 Å². The van der Waals surface area contributed by atoms with Gasteiger partial charge in [0.05, 0.1) is 0 Å².